The second-order valence-corrected chi connectivity index (χ2v) is 6.44. The number of amides is 1. The Morgan fingerprint density at radius 3 is 2.32 bits per heavy atom. The van der Waals surface area contributed by atoms with E-state index in [1.807, 2.05) is 0 Å². The molecule has 0 aromatic heterocycles. The Labute approximate surface area is 172 Å². The number of methoxy groups -OCH3 is 2. The molecule has 2 rings (SSSR count). The van der Waals surface area contributed by atoms with E-state index in [4.69, 9.17) is 42.1 Å². The molecule has 0 atom stereocenters. The fourth-order valence-electron chi connectivity index (χ4n) is 2.24. The van der Waals surface area contributed by atoms with Crippen molar-refractivity contribution in [3.05, 3.63) is 45.9 Å². The van der Waals surface area contributed by atoms with Gasteiger partial charge in [0.1, 0.15) is 17.2 Å². The van der Waals surface area contributed by atoms with Crippen molar-refractivity contribution in [2.24, 2.45) is 0 Å². The quantitative estimate of drug-likeness (QED) is 0.643. The number of esters is 1. The molecule has 0 aliphatic heterocycles. The van der Waals surface area contributed by atoms with Crippen molar-refractivity contribution < 1.29 is 28.5 Å². The minimum absolute atomic E-state index is 0.294. The van der Waals surface area contributed by atoms with Gasteiger partial charge in [0.25, 0.3) is 5.91 Å². The van der Waals surface area contributed by atoms with E-state index in [1.165, 1.54) is 26.4 Å². The zero-order valence-electron chi connectivity index (χ0n) is 15.5. The van der Waals surface area contributed by atoms with Crippen LogP contribution in [0.3, 0.4) is 0 Å². The fraction of sp³-hybridized carbons (Fsp3) is 0.263. The van der Waals surface area contributed by atoms with Gasteiger partial charge in [-0.25, -0.2) is 4.79 Å². The molecule has 28 heavy (non-hydrogen) atoms. The van der Waals surface area contributed by atoms with Crippen LogP contribution in [0.5, 0.6) is 17.2 Å². The molecule has 1 N–H and O–H groups in total. The maximum Gasteiger partial charge on any atom is 0.344 e. The highest BCUT2D eigenvalue weighted by molar-refractivity contribution is 6.32. The normalized spacial score (nSPS) is 10.2. The Morgan fingerprint density at radius 2 is 1.68 bits per heavy atom. The van der Waals surface area contributed by atoms with Crippen LogP contribution in [0, 0.1) is 6.92 Å². The summed E-state index contributed by atoms with van der Waals surface area (Å²) in [5.41, 5.74) is 1.10. The van der Waals surface area contributed by atoms with Gasteiger partial charge >= 0.3 is 5.97 Å². The van der Waals surface area contributed by atoms with Crippen LogP contribution in [0.4, 0.5) is 5.69 Å². The third-order valence-electron chi connectivity index (χ3n) is 3.59. The number of aryl methyl sites for hydroxylation is 1. The third-order valence-corrected chi connectivity index (χ3v) is 4.13. The molecule has 0 radical (unpaired) electrons. The van der Waals surface area contributed by atoms with E-state index >= 15 is 0 Å². The molecule has 150 valence electrons. The number of hydrogen-bond acceptors (Lipinski definition) is 6. The second-order valence-electron chi connectivity index (χ2n) is 5.59. The molecule has 0 saturated heterocycles. The highest BCUT2D eigenvalue weighted by Gasteiger charge is 2.14. The zero-order valence-corrected chi connectivity index (χ0v) is 17.0. The highest BCUT2D eigenvalue weighted by Crippen LogP contribution is 2.35. The predicted octanol–water partition coefficient (Wildman–Crippen LogP) is 3.88. The number of benzene rings is 2. The van der Waals surface area contributed by atoms with E-state index in [2.05, 4.69) is 5.32 Å². The molecule has 7 nitrogen and oxygen atoms in total. The summed E-state index contributed by atoms with van der Waals surface area (Å²) >= 11 is 11.9. The van der Waals surface area contributed by atoms with Crippen LogP contribution >= 0.6 is 23.2 Å². The number of carbonyl (C=O) groups excluding carboxylic acids is 2. The van der Waals surface area contributed by atoms with Crippen molar-refractivity contribution in [3.8, 4) is 17.2 Å². The topological polar surface area (TPSA) is 83.1 Å². The standard InChI is InChI=1S/C19H19Cl2NO6/c1-11-6-12(20)4-5-15(11)27-10-19(24)28-9-18(23)22-14-7-13(21)16(25-2)8-17(14)26-3/h4-8H,9-10H2,1-3H3,(H,22,23). The number of anilines is 1. The highest BCUT2D eigenvalue weighted by atomic mass is 35.5. The first-order valence-electron chi connectivity index (χ1n) is 8.10. The largest absolute Gasteiger partial charge is 0.495 e. The van der Waals surface area contributed by atoms with Crippen molar-refractivity contribution in [1.29, 1.82) is 0 Å². The second kappa shape index (κ2) is 10.1. The number of halogens is 2. The Morgan fingerprint density at radius 1 is 0.964 bits per heavy atom. The average molecular weight is 428 g/mol. The van der Waals surface area contributed by atoms with Crippen LogP contribution in [-0.4, -0.2) is 39.3 Å². The molecule has 1 amide bonds. The molecular weight excluding hydrogens is 409 g/mol. The Balaban J connectivity index is 1.86. The van der Waals surface area contributed by atoms with Gasteiger partial charge in [0.2, 0.25) is 0 Å². The molecule has 0 bridgehead atoms. The molecule has 2 aromatic rings. The molecule has 0 fully saturated rings. The summed E-state index contributed by atoms with van der Waals surface area (Å²) in [6, 6.07) is 8.02. The summed E-state index contributed by atoms with van der Waals surface area (Å²) < 4.78 is 20.6. The maximum absolute atomic E-state index is 12.0. The first kappa shape index (κ1) is 21.7. The lowest BCUT2D eigenvalue weighted by molar-refractivity contribution is -0.149. The summed E-state index contributed by atoms with van der Waals surface area (Å²) in [5.74, 6) is 0.00302. The first-order chi connectivity index (χ1) is 13.3. The molecular formula is C19H19Cl2NO6. The van der Waals surface area contributed by atoms with Crippen LogP contribution in [0.15, 0.2) is 30.3 Å². The van der Waals surface area contributed by atoms with E-state index in [0.29, 0.717) is 33.0 Å². The lowest BCUT2D eigenvalue weighted by Crippen LogP contribution is -2.24. The van der Waals surface area contributed by atoms with Gasteiger partial charge in [-0.05, 0) is 36.8 Å². The number of nitrogens with one attached hydrogen (secondary N) is 1. The van der Waals surface area contributed by atoms with Gasteiger partial charge in [0, 0.05) is 11.1 Å². The van der Waals surface area contributed by atoms with Crippen molar-refractivity contribution >= 4 is 40.8 Å². The minimum Gasteiger partial charge on any atom is -0.495 e. The minimum atomic E-state index is -0.691. The van der Waals surface area contributed by atoms with Crippen molar-refractivity contribution in [1.82, 2.24) is 0 Å². The summed E-state index contributed by atoms with van der Waals surface area (Å²) in [4.78, 5) is 23.8. The molecule has 0 saturated carbocycles. The molecule has 0 spiro atoms. The van der Waals surface area contributed by atoms with Crippen molar-refractivity contribution in [2.75, 3.05) is 32.8 Å². The Kier molecular flexibility index (Phi) is 7.78. The van der Waals surface area contributed by atoms with Gasteiger partial charge in [-0.1, -0.05) is 23.2 Å². The summed E-state index contributed by atoms with van der Waals surface area (Å²) in [6.07, 6.45) is 0. The summed E-state index contributed by atoms with van der Waals surface area (Å²) in [5, 5.41) is 3.42. The van der Waals surface area contributed by atoms with Gasteiger partial charge in [-0.2, -0.15) is 0 Å². The van der Waals surface area contributed by atoms with E-state index < -0.39 is 18.5 Å². The molecule has 0 aliphatic rings. The van der Waals surface area contributed by atoms with Crippen LogP contribution in [0.1, 0.15) is 5.56 Å². The number of ether oxygens (including phenoxy) is 4. The van der Waals surface area contributed by atoms with Gasteiger partial charge in [0.05, 0.1) is 24.9 Å². The monoisotopic (exact) mass is 427 g/mol. The van der Waals surface area contributed by atoms with E-state index in [1.54, 1.807) is 25.1 Å². The number of carbonyl (C=O) groups is 2. The molecule has 2 aromatic carbocycles. The van der Waals surface area contributed by atoms with Crippen molar-refractivity contribution in [2.45, 2.75) is 6.92 Å². The first-order valence-corrected chi connectivity index (χ1v) is 8.85. The SMILES string of the molecule is COc1cc(OC)c(NC(=O)COC(=O)COc2ccc(Cl)cc2C)cc1Cl. The maximum atomic E-state index is 12.0. The summed E-state index contributed by atoms with van der Waals surface area (Å²) in [6.45, 7) is 0.968. The Bertz CT molecular complexity index is 872. The number of rotatable bonds is 8. The molecule has 0 heterocycles. The lowest BCUT2D eigenvalue weighted by atomic mass is 10.2. The lowest BCUT2D eigenvalue weighted by Gasteiger charge is -2.13. The van der Waals surface area contributed by atoms with Crippen LogP contribution in [-0.2, 0) is 14.3 Å². The molecule has 9 heteroatoms. The average Bonchev–Trinajstić information content (AvgIpc) is 2.66. The van der Waals surface area contributed by atoms with Gasteiger partial charge in [-0.3, -0.25) is 4.79 Å². The number of hydrogen-bond donors (Lipinski definition) is 1. The van der Waals surface area contributed by atoms with Crippen molar-refractivity contribution in [3.63, 3.8) is 0 Å². The third kappa shape index (κ3) is 5.94. The van der Waals surface area contributed by atoms with Crippen LogP contribution in [0.2, 0.25) is 10.0 Å². The van der Waals surface area contributed by atoms with E-state index in [9.17, 15) is 9.59 Å². The zero-order chi connectivity index (χ0) is 20.7. The molecule has 0 aliphatic carbocycles. The Hall–Kier alpha value is -2.64. The van der Waals surface area contributed by atoms with Gasteiger partial charge in [0.15, 0.2) is 13.2 Å². The van der Waals surface area contributed by atoms with E-state index in [0.717, 1.165) is 5.56 Å². The molecule has 0 unspecified atom stereocenters. The van der Waals surface area contributed by atoms with Gasteiger partial charge < -0.3 is 24.3 Å². The van der Waals surface area contributed by atoms with Gasteiger partial charge in [-0.15, -0.1) is 0 Å². The van der Waals surface area contributed by atoms with Crippen LogP contribution < -0.4 is 19.5 Å². The summed E-state index contributed by atoms with van der Waals surface area (Å²) in [7, 11) is 2.90. The van der Waals surface area contributed by atoms with Crippen LogP contribution in [0.25, 0.3) is 0 Å². The smallest absolute Gasteiger partial charge is 0.344 e. The van der Waals surface area contributed by atoms with E-state index in [-0.39, 0.29) is 6.61 Å². The predicted molar refractivity (Wildman–Crippen MR) is 106 cm³/mol. The fourth-order valence-corrected chi connectivity index (χ4v) is 2.71.